The number of aromatic nitrogens is 2. The zero-order valence-electron chi connectivity index (χ0n) is 10.3. The van der Waals surface area contributed by atoms with Crippen LogP contribution in [0.1, 0.15) is 5.56 Å². The van der Waals surface area contributed by atoms with Crippen molar-refractivity contribution in [2.24, 2.45) is 0 Å². The number of benzene rings is 2. The van der Waals surface area contributed by atoms with Gasteiger partial charge in [-0.2, -0.15) is 0 Å². The second-order valence-corrected chi connectivity index (χ2v) is 5.32. The van der Waals surface area contributed by atoms with Crippen LogP contribution in [0.4, 0.5) is 11.4 Å². The van der Waals surface area contributed by atoms with Crippen LogP contribution < -0.4 is 5.32 Å². The van der Waals surface area contributed by atoms with Crippen LogP contribution in [0.25, 0.3) is 11.0 Å². The summed E-state index contributed by atoms with van der Waals surface area (Å²) in [5.74, 6) is 0. The van der Waals surface area contributed by atoms with Crippen molar-refractivity contribution in [1.82, 2.24) is 7.96 Å². The quantitative estimate of drug-likeness (QED) is 0.450. The van der Waals surface area contributed by atoms with Gasteiger partial charge in [-0.25, -0.2) is 0 Å². The average molecular weight is 333 g/mol. The van der Waals surface area contributed by atoms with Crippen LogP contribution in [0, 0.1) is 10.1 Å². The fraction of sp³-hybridized carbons (Fsp3) is 0.0769. The number of hydrogen-bond donors (Lipinski definition) is 1. The fourth-order valence-corrected chi connectivity index (χ4v) is 3.03. The van der Waals surface area contributed by atoms with Gasteiger partial charge in [0.15, 0.2) is 0 Å². The first kappa shape index (κ1) is 12.8. The summed E-state index contributed by atoms with van der Waals surface area (Å²) in [5.41, 5.74) is 3.87. The molecule has 6 nitrogen and oxygen atoms in total. The van der Waals surface area contributed by atoms with Crippen molar-refractivity contribution in [3.05, 3.63) is 58.1 Å². The van der Waals surface area contributed by atoms with Gasteiger partial charge < -0.3 is 0 Å². The molecule has 0 saturated heterocycles. The fourth-order valence-electron chi connectivity index (χ4n) is 1.88. The van der Waals surface area contributed by atoms with E-state index in [1.165, 1.54) is 12.1 Å². The molecule has 0 bridgehead atoms. The van der Waals surface area contributed by atoms with Crippen molar-refractivity contribution in [3.63, 3.8) is 0 Å². The number of rotatable bonds is 4. The summed E-state index contributed by atoms with van der Waals surface area (Å²) in [6, 6.07) is 12.4. The molecule has 1 heterocycles. The summed E-state index contributed by atoms with van der Waals surface area (Å²) in [6.45, 7) is 0.594. The Morgan fingerprint density at radius 2 is 1.95 bits per heavy atom. The van der Waals surface area contributed by atoms with Crippen molar-refractivity contribution < 1.29 is 4.92 Å². The molecule has 0 unspecified atom stereocenters. The van der Waals surface area contributed by atoms with Gasteiger partial charge in [0.2, 0.25) is 0 Å². The molecule has 20 heavy (non-hydrogen) atoms. The summed E-state index contributed by atoms with van der Waals surface area (Å²) < 4.78 is 8.72. The van der Waals surface area contributed by atoms with E-state index in [1.807, 2.05) is 18.2 Å². The summed E-state index contributed by atoms with van der Waals surface area (Å²) >= 11 is -0.0481. The van der Waals surface area contributed by atoms with E-state index < -0.39 is 4.92 Å². The Morgan fingerprint density at radius 3 is 2.70 bits per heavy atom. The third-order valence-corrected chi connectivity index (χ3v) is 4.05. The predicted molar refractivity (Wildman–Crippen MR) is 76.9 cm³/mol. The van der Waals surface area contributed by atoms with E-state index in [1.54, 1.807) is 12.1 Å². The van der Waals surface area contributed by atoms with Crippen LogP contribution in [-0.4, -0.2) is 27.8 Å². The molecule has 0 aliphatic carbocycles. The Kier molecular flexibility index (Phi) is 3.45. The van der Waals surface area contributed by atoms with Crippen LogP contribution in [0.3, 0.4) is 0 Å². The summed E-state index contributed by atoms with van der Waals surface area (Å²) in [6.07, 6.45) is 0. The van der Waals surface area contributed by atoms with Gasteiger partial charge in [-0.05, 0) is 0 Å². The maximum atomic E-state index is 10.6. The van der Waals surface area contributed by atoms with E-state index in [0.29, 0.717) is 6.54 Å². The van der Waals surface area contributed by atoms with Crippen LogP contribution in [0.15, 0.2) is 42.5 Å². The molecule has 1 aromatic heterocycles. The second kappa shape index (κ2) is 5.40. The summed E-state index contributed by atoms with van der Waals surface area (Å²) in [7, 11) is 0. The minimum atomic E-state index is -0.399. The number of nitrogens with zero attached hydrogens (tertiary/aromatic N) is 3. The molecule has 0 spiro atoms. The molecule has 0 amide bonds. The molecule has 0 fully saturated rings. The first-order valence-electron chi connectivity index (χ1n) is 5.92. The van der Waals surface area contributed by atoms with Crippen molar-refractivity contribution >= 4 is 37.4 Å². The van der Waals surface area contributed by atoms with E-state index in [4.69, 9.17) is 0 Å². The number of nitro benzene ring substituents is 1. The number of nitro groups is 1. The first-order valence-corrected chi connectivity index (χ1v) is 7.46. The first-order chi connectivity index (χ1) is 9.74. The average Bonchev–Trinajstić information content (AvgIpc) is 2.94. The summed E-state index contributed by atoms with van der Waals surface area (Å²) in [4.78, 5) is 10.2. The van der Waals surface area contributed by atoms with Gasteiger partial charge in [-0.3, -0.25) is 0 Å². The molecule has 3 rings (SSSR count). The van der Waals surface area contributed by atoms with E-state index >= 15 is 0 Å². The molecule has 1 N–H and O–H groups in total. The molecule has 2 aromatic carbocycles. The predicted octanol–water partition coefficient (Wildman–Crippen LogP) is 2.21. The van der Waals surface area contributed by atoms with Crippen LogP contribution in [0.2, 0.25) is 0 Å². The van der Waals surface area contributed by atoms with Crippen molar-refractivity contribution in [2.75, 3.05) is 5.32 Å². The van der Waals surface area contributed by atoms with Gasteiger partial charge in [0.1, 0.15) is 0 Å². The van der Waals surface area contributed by atoms with Gasteiger partial charge in [0.25, 0.3) is 0 Å². The number of nitrogens with one attached hydrogen (secondary N) is 1. The molecule has 0 aliphatic rings. The molecule has 0 aliphatic heterocycles. The topological polar surface area (TPSA) is 81.0 Å². The monoisotopic (exact) mass is 334 g/mol. The SMILES string of the molecule is O=[N+]([O-])c1ccc(CNc2cccc3n[se]nc23)cc1. The number of anilines is 1. The third kappa shape index (κ3) is 2.54. The second-order valence-electron chi connectivity index (χ2n) is 4.21. The number of fused-ring (bicyclic) bond motifs is 1. The zero-order valence-corrected chi connectivity index (χ0v) is 12.0. The van der Waals surface area contributed by atoms with Crippen molar-refractivity contribution in [2.45, 2.75) is 6.54 Å². The van der Waals surface area contributed by atoms with Crippen molar-refractivity contribution in [3.8, 4) is 0 Å². The van der Waals surface area contributed by atoms with E-state index in [-0.39, 0.29) is 20.6 Å². The van der Waals surface area contributed by atoms with Gasteiger partial charge >= 0.3 is 120 Å². The van der Waals surface area contributed by atoms with Gasteiger partial charge in [-0.1, -0.05) is 0 Å². The summed E-state index contributed by atoms with van der Waals surface area (Å²) in [5, 5.41) is 13.9. The van der Waals surface area contributed by atoms with Crippen LogP contribution in [0.5, 0.6) is 0 Å². The maximum absolute atomic E-state index is 10.6. The number of hydrogen-bond acceptors (Lipinski definition) is 5. The van der Waals surface area contributed by atoms with E-state index in [2.05, 4.69) is 13.3 Å². The van der Waals surface area contributed by atoms with Crippen LogP contribution >= 0.6 is 0 Å². The van der Waals surface area contributed by atoms with Gasteiger partial charge in [0.05, 0.1) is 0 Å². The normalized spacial score (nSPS) is 10.6. The molecule has 0 saturated carbocycles. The molecule has 3 aromatic rings. The van der Waals surface area contributed by atoms with Gasteiger partial charge in [-0.15, -0.1) is 0 Å². The van der Waals surface area contributed by atoms with Gasteiger partial charge in [0, 0.05) is 0 Å². The standard InChI is InChI=1S/C13H10N4O2Se/c18-17(19)10-6-4-9(5-7-10)8-14-11-2-1-3-12-13(11)16-20-15-12/h1-7,14H,8H2. The molecular formula is C13H10N4O2Se. The van der Waals surface area contributed by atoms with E-state index in [9.17, 15) is 10.1 Å². The Morgan fingerprint density at radius 1 is 1.15 bits per heavy atom. The minimum absolute atomic E-state index is 0.0481. The Labute approximate surface area is 120 Å². The number of non-ortho nitro benzene ring substituents is 1. The molecule has 0 radical (unpaired) electrons. The van der Waals surface area contributed by atoms with E-state index in [0.717, 1.165) is 22.3 Å². The Balaban J connectivity index is 1.76. The Bertz CT molecular complexity index is 754. The van der Waals surface area contributed by atoms with Crippen molar-refractivity contribution in [1.29, 1.82) is 0 Å². The molecule has 7 heteroatoms. The Hall–Kier alpha value is -2.24. The molecular weight excluding hydrogens is 323 g/mol. The molecule has 100 valence electrons. The zero-order chi connectivity index (χ0) is 13.9. The third-order valence-electron chi connectivity index (χ3n) is 2.92. The van der Waals surface area contributed by atoms with Crippen LogP contribution in [-0.2, 0) is 6.54 Å². The molecule has 0 atom stereocenters.